The quantitative estimate of drug-likeness (QED) is 0.794. The van der Waals surface area contributed by atoms with Crippen LogP contribution in [0.3, 0.4) is 0 Å². The fourth-order valence-corrected chi connectivity index (χ4v) is 1.81. The summed E-state index contributed by atoms with van der Waals surface area (Å²) in [6, 6.07) is 3.98. The SMILES string of the molecule is Cc1ccc2nc(C3(CO)CC3)nn2c1. The molecule has 0 saturated heterocycles. The molecular formula is C11H13N3O. The lowest BCUT2D eigenvalue weighted by molar-refractivity contribution is 0.250. The molecule has 0 spiro atoms. The Morgan fingerprint density at radius 2 is 2.27 bits per heavy atom. The number of aliphatic hydroxyl groups excluding tert-OH is 1. The first kappa shape index (κ1) is 8.85. The number of hydrogen-bond donors (Lipinski definition) is 1. The fourth-order valence-electron chi connectivity index (χ4n) is 1.81. The summed E-state index contributed by atoms with van der Waals surface area (Å²) in [4.78, 5) is 4.45. The Bertz CT molecular complexity index is 514. The van der Waals surface area contributed by atoms with E-state index in [1.54, 1.807) is 4.52 Å². The van der Waals surface area contributed by atoms with Crippen molar-refractivity contribution in [1.29, 1.82) is 0 Å². The van der Waals surface area contributed by atoms with Crippen molar-refractivity contribution < 1.29 is 5.11 Å². The Morgan fingerprint density at radius 3 is 2.93 bits per heavy atom. The van der Waals surface area contributed by atoms with Crippen LogP contribution in [0.5, 0.6) is 0 Å². The summed E-state index contributed by atoms with van der Waals surface area (Å²) < 4.78 is 1.79. The third-order valence-electron chi connectivity index (χ3n) is 3.11. The minimum atomic E-state index is -0.139. The Hall–Kier alpha value is -1.42. The highest BCUT2D eigenvalue weighted by Crippen LogP contribution is 2.46. The first-order valence-electron chi connectivity index (χ1n) is 5.18. The van der Waals surface area contributed by atoms with Crippen molar-refractivity contribution in [3.05, 3.63) is 29.7 Å². The van der Waals surface area contributed by atoms with Gasteiger partial charge in [0.2, 0.25) is 0 Å². The standard InChI is InChI=1S/C11H13N3O/c1-8-2-3-9-12-10(13-14(9)6-8)11(7-15)4-5-11/h2-3,6,15H,4-5,7H2,1H3. The van der Waals surface area contributed by atoms with Crippen molar-refractivity contribution in [3.8, 4) is 0 Å². The molecule has 0 unspecified atom stereocenters. The highest BCUT2D eigenvalue weighted by atomic mass is 16.3. The number of rotatable bonds is 2. The minimum absolute atomic E-state index is 0.139. The van der Waals surface area contributed by atoms with E-state index >= 15 is 0 Å². The lowest BCUT2D eigenvalue weighted by atomic mass is 10.1. The molecule has 0 amide bonds. The maximum atomic E-state index is 9.30. The van der Waals surface area contributed by atoms with E-state index in [1.807, 2.05) is 25.3 Å². The van der Waals surface area contributed by atoms with E-state index < -0.39 is 0 Å². The monoisotopic (exact) mass is 203 g/mol. The second kappa shape index (κ2) is 2.79. The molecule has 0 radical (unpaired) electrons. The van der Waals surface area contributed by atoms with Crippen LogP contribution >= 0.6 is 0 Å². The van der Waals surface area contributed by atoms with Crippen LogP contribution in [0.25, 0.3) is 5.65 Å². The van der Waals surface area contributed by atoms with Crippen LogP contribution in [0.15, 0.2) is 18.3 Å². The van der Waals surface area contributed by atoms with Crippen molar-refractivity contribution in [2.24, 2.45) is 0 Å². The van der Waals surface area contributed by atoms with E-state index in [4.69, 9.17) is 0 Å². The average Bonchev–Trinajstić information content (AvgIpc) is 2.93. The molecule has 1 aliphatic carbocycles. The maximum Gasteiger partial charge on any atom is 0.160 e. The molecule has 1 saturated carbocycles. The van der Waals surface area contributed by atoms with Crippen LogP contribution in [0.4, 0.5) is 0 Å². The molecular weight excluding hydrogens is 190 g/mol. The van der Waals surface area contributed by atoms with Crippen LogP contribution in [-0.2, 0) is 5.41 Å². The number of aliphatic hydroxyl groups is 1. The number of fused-ring (bicyclic) bond motifs is 1. The third-order valence-corrected chi connectivity index (χ3v) is 3.11. The maximum absolute atomic E-state index is 9.30. The lowest BCUT2D eigenvalue weighted by Crippen LogP contribution is -2.14. The number of aryl methyl sites for hydroxylation is 1. The van der Waals surface area contributed by atoms with Gasteiger partial charge in [0.15, 0.2) is 11.5 Å². The molecule has 1 fully saturated rings. The summed E-state index contributed by atoms with van der Waals surface area (Å²) in [5.74, 6) is 0.788. The molecule has 15 heavy (non-hydrogen) atoms. The van der Waals surface area contributed by atoms with Crippen LogP contribution in [-0.4, -0.2) is 26.3 Å². The molecule has 1 aliphatic rings. The van der Waals surface area contributed by atoms with Gasteiger partial charge in [-0.05, 0) is 31.4 Å². The van der Waals surface area contributed by atoms with Gasteiger partial charge in [0.1, 0.15) is 0 Å². The molecule has 0 aromatic carbocycles. The zero-order chi connectivity index (χ0) is 10.5. The molecule has 1 N–H and O–H groups in total. The van der Waals surface area contributed by atoms with Gasteiger partial charge >= 0.3 is 0 Å². The summed E-state index contributed by atoms with van der Waals surface area (Å²) in [6.45, 7) is 2.18. The summed E-state index contributed by atoms with van der Waals surface area (Å²) in [5.41, 5.74) is 1.88. The molecule has 0 aliphatic heterocycles. The van der Waals surface area contributed by atoms with Gasteiger partial charge in [0, 0.05) is 6.20 Å². The van der Waals surface area contributed by atoms with E-state index in [0.29, 0.717) is 0 Å². The number of aromatic nitrogens is 3. The summed E-state index contributed by atoms with van der Waals surface area (Å²) >= 11 is 0. The molecule has 2 heterocycles. The number of pyridine rings is 1. The zero-order valence-electron chi connectivity index (χ0n) is 8.64. The van der Waals surface area contributed by atoms with Gasteiger partial charge in [0.25, 0.3) is 0 Å². The van der Waals surface area contributed by atoms with Gasteiger partial charge < -0.3 is 5.11 Å². The first-order valence-corrected chi connectivity index (χ1v) is 5.18. The van der Waals surface area contributed by atoms with Crippen molar-refractivity contribution in [3.63, 3.8) is 0 Å². The van der Waals surface area contributed by atoms with Crippen molar-refractivity contribution in [2.45, 2.75) is 25.2 Å². The Kier molecular flexibility index (Phi) is 1.65. The van der Waals surface area contributed by atoms with E-state index in [2.05, 4.69) is 10.1 Å². The Labute approximate surface area is 87.6 Å². The van der Waals surface area contributed by atoms with E-state index in [0.717, 1.165) is 29.9 Å². The van der Waals surface area contributed by atoms with Gasteiger partial charge in [-0.15, -0.1) is 0 Å². The van der Waals surface area contributed by atoms with Crippen molar-refractivity contribution >= 4 is 5.65 Å². The molecule has 4 heteroatoms. The highest BCUT2D eigenvalue weighted by molar-refractivity contribution is 5.40. The summed E-state index contributed by atoms with van der Waals surface area (Å²) in [7, 11) is 0. The zero-order valence-corrected chi connectivity index (χ0v) is 8.64. The highest BCUT2D eigenvalue weighted by Gasteiger charge is 2.47. The molecule has 4 nitrogen and oxygen atoms in total. The fraction of sp³-hybridized carbons (Fsp3) is 0.455. The third kappa shape index (κ3) is 1.25. The second-order valence-corrected chi connectivity index (χ2v) is 4.38. The molecule has 2 aromatic heterocycles. The first-order chi connectivity index (χ1) is 7.23. The Morgan fingerprint density at radius 1 is 1.47 bits per heavy atom. The van der Waals surface area contributed by atoms with Gasteiger partial charge in [-0.25, -0.2) is 9.50 Å². The van der Waals surface area contributed by atoms with Crippen LogP contribution in [0, 0.1) is 6.92 Å². The van der Waals surface area contributed by atoms with Gasteiger partial charge in [-0.3, -0.25) is 0 Å². The van der Waals surface area contributed by atoms with Crippen LogP contribution in [0.1, 0.15) is 24.2 Å². The van der Waals surface area contributed by atoms with Crippen LogP contribution in [0.2, 0.25) is 0 Å². The molecule has 2 aromatic rings. The predicted molar refractivity (Wildman–Crippen MR) is 55.7 cm³/mol. The smallest absolute Gasteiger partial charge is 0.160 e. The minimum Gasteiger partial charge on any atom is -0.395 e. The van der Waals surface area contributed by atoms with Crippen LogP contribution < -0.4 is 0 Å². The molecule has 3 rings (SSSR count). The number of nitrogens with zero attached hydrogens (tertiary/aromatic N) is 3. The Balaban J connectivity index is 2.14. The van der Waals surface area contributed by atoms with Gasteiger partial charge in [-0.2, -0.15) is 5.10 Å². The van der Waals surface area contributed by atoms with E-state index in [9.17, 15) is 5.11 Å². The van der Waals surface area contributed by atoms with Crippen molar-refractivity contribution in [2.75, 3.05) is 6.61 Å². The largest absolute Gasteiger partial charge is 0.395 e. The van der Waals surface area contributed by atoms with Gasteiger partial charge in [-0.1, -0.05) is 6.07 Å². The van der Waals surface area contributed by atoms with E-state index in [1.165, 1.54) is 0 Å². The van der Waals surface area contributed by atoms with Crippen molar-refractivity contribution in [1.82, 2.24) is 14.6 Å². The topological polar surface area (TPSA) is 50.4 Å². The molecule has 78 valence electrons. The second-order valence-electron chi connectivity index (χ2n) is 4.38. The summed E-state index contributed by atoms with van der Waals surface area (Å²) in [5, 5.41) is 13.7. The normalized spacial score (nSPS) is 18.3. The lowest BCUT2D eigenvalue weighted by Gasteiger charge is -2.03. The summed E-state index contributed by atoms with van der Waals surface area (Å²) in [6.07, 6.45) is 3.96. The van der Waals surface area contributed by atoms with E-state index in [-0.39, 0.29) is 12.0 Å². The van der Waals surface area contributed by atoms with Gasteiger partial charge in [0.05, 0.1) is 12.0 Å². The molecule has 0 atom stereocenters. The number of hydrogen-bond acceptors (Lipinski definition) is 3. The molecule has 0 bridgehead atoms. The average molecular weight is 203 g/mol. The predicted octanol–water partition coefficient (Wildman–Crippen LogP) is 1.06.